The van der Waals surface area contributed by atoms with Crippen molar-refractivity contribution in [2.45, 2.75) is 39.1 Å². The van der Waals surface area contributed by atoms with Crippen LogP contribution in [0, 0.1) is 6.92 Å². The van der Waals surface area contributed by atoms with Gasteiger partial charge in [0.25, 0.3) is 0 Å². The quantitative estimate of drug-likeness (QED) is 0.771. The Morgan fingerprint density at radius 1 is 1.55 bits per heavy atom. The van der Waals surface area contributed by atoms with Gasteiger partial charge in [-0.1, -0.05) is 0 Å². The highest BCUT2D eigenvalue weighted by atomic mass is 79.9. The summed E-state index contributed by atoms with van der Waals surface area (Å²) in [5.41, 5.74) is 1.95. The van der Waals surface area contributed by atoms with Crippen molar-refractivity contribution in [3.63, 3.8) is 0 Å². The molecule has 0 unspecified atom stereocenters. The van der Waals surface area contributed by atoms with Crippen molar-refractivity contribution < 1.29 is 14.7 Å². The van der Waals surface area contributed by atoms with E-state index in [0.29, 0.717) is 11.5 Å². The zero-order chi connectivity index (χ0) is 15.3. The third-order valence-corrected chi connectivity index (χ3v) is 4.73. The van der Waals surface area contributed by atoms with Crippen molar-refractivity contribution in [3.8, 4) is 0 Å². The van der Waals surface area contributed by atoms with Gasteiger partial charge in [0.1, 0.15) is 6.04 Å². The third kappa shape index (κ3) is 4.52. The first kappa shape index (κ1) is 17.0. The van der Waals surface area contributed by atoms with Crippen molar-refractivity contribution in [1.82, 2.24) is 15.1 Å². The molecular formula is C12H18BrN3O3S. The topological polar surface area (TPSA) is 84.2 Å². The molecule has 1 aromatic heterocycles. The summed E-state index contributed by atoms with van der Waals surface area (Å²) in [5, 5.41) is 15.8. The van der Waals surface area contributed by atoms with E-state index >= 15 is 0 Å². The number of hydrogen-bond acceptors (Lipinski definition) is 4. The van der Waals surface area contributed by atoms with E-state index in [1.54, 1.807) is 0 Å². The van der Waals surface area contributed by atoms with Crippen molar-refractivity contribution in [2.24, 2.45) is 0 Å². The first-order valence-corrected chi connectivity index (χ1v) is 8.11. The fourth-order valence-electron chi connectivity index (χ4n) is 1.70. The van der Waals surface area contributed by atoms with Gasteiger partial charge in [-0.05, 0) is 29.8 Å². The Morgan fingerprint density at radius 2 is 2.20 bits per heavy atom. The van der Waals surface area contributed by atoms with Crippen LogP contribution < -0.4 is 5.32 Å². The van der Waals surface area contributed by atoms with Crippen LogP contribution in [0.3, 0.4) is 0 Å². The van der Waals surface area contributed by atoms with Crippen molar-refractivity contribution in [1.29, 1.82) is 0 Å². The van der Waals surface area contributed by atoms with E-state index in [1.165, 1.54) is 18.7 Å². The predicted molar refractivity (Wildman–Crippen MR) is 81.7 cm³/mol. The zero-order valence-corrected chi connectivity index (χ0v) is 14.0. The first-order chi connectivity index (χ1) is 9.36. The fourth-order valence-corrected chi connectivity index (χ4v) is 3.38. The highest BCUT2D eigenvalue weighted by Gasteiger charge is 2.19. The molecular weight excluding hydrogens is 346 g/mol. The average Bonchev–Trinajstić information content (AvgIpc) is 2.64. The van der Waals surface area contributed by atoms with Gasteiger partial charge in [0, 0.05) is 25.0 Å². The Balaban J connectivity index is 2.63. The van der Waals surface area contributed by atoms with Gasteiger partial charge in [-0.3, -0.25) is 9.48 Å². The second kappa shape index (κ2) is 7.68. The largest absolute Gasteiger partial charge is 0.480 e. The van der Waals surface area contributed by atoms with Crippen LogP contribution in [0.2, 0.25) is 0 Å². The zero-order valence-electron chi connectivity index (χ0n) is 11.6. The number of aryl methyl sites for hydroxylation is 2. The second-order valence-electron chi connectivity index (χ2n) is 4.27. The molecule has 0 saturated heterocycles. The normalized spacial score (nSPS) is 12.2. The number of nitrogens with one attached hydrogen (secondary N) is 1. The number of thioether (sulfide) groups is 1. The molecule has 1 heterocycles. The highest BCUT2D eigenvalue weighted by molar-refractivity contribution is 9.10. The molecule has 1 rings (SSSR count). The summed E-state index contributed by atoms with van der Waals surface area (Å²) < 4.78 is 2.85. The number of rotatable bonds is 7. The third-order valence-electron chi connectivity index (χ3n) is 2.65. The van der Waals surface area contributed by atoms with Gasteiger partial charge >= 0.3 is 5.97 Å². The van der Waals surface area contributed by atoms with Crippen LogP contribution in [0.5, 0.6) is 0 Å². The lowest BCUT2D eigenvalue weighted by Gasteiger charge is -2.13. The van der Waals surface area contributed by atoms with Crippen LogP contribution in [0.15, 0.2) is 4.47 Å². The molecule has 0 aliphatic rings. The smallest absolute Gasteiger partial charge is 0.327 e. The number of carboxylic acids is 1. The maximum Gasteiger partial charge on any atom is 0.327 e. The predicted octanol–water partition coefficient (Wildman–Crippen LogP) is 1.80. The van der Waals surface area contributed by atoms with E-state index in [-0.39, 0.29) is 5.91 Å². The van der Waals surface area contributed by atoms with E-state index in [0.717, 1.165) is 22.4 Å². The number of carboxylic acid groups (broad SMARTS) is 1. The molecule has 0 saturated carbocycles. The van der Waals surface area contributed by atoms with Crippen molar-refractivity contribution >= 4 is 39.6 Å². The SMILES string of the molecule is CCn1nc(C)c(Br)c1CSC[C@H](NC(C)=O)C(=O)O. The molecule has 20 heavy (non-hydrogen) atoms. The van der Waals surface area contributed by atoms with Crippen LogP contribution >= 0.6 is 27.7 Å². The van der Waals surface area contributed by atoms with Crippen LogP contribution in [0.1, 0.15) is 25.2 Å². The Labute approximate surface area is 130 Å². The van der Waals surface area contributed by atoms with E-state index in [1.807, 2.05) is 18.5 Å². The molecule has 0 fully saturated rings. The number of carbonyl (C=O) groups is 2. The van der Waals surface area contributed by atoms with Gasteiger partial charge in [0.05, 0.1) is 15.9 Å². The monoisotopic (exact) mass is 363 g/mol. The summed E-state index contributed by atoms with van der Waals surface area (Å²) >= 11 is 4.95. The Morgan fingerprint density at radius 3 is 2.70 bits per heavy atom. The summed E-state index contributed by atoms with van der Waals surface area (Å²) in [5.74, 6) is -0.408. The summed E-state index contributed by atoms with van der Waals surface area (Å²) in [7, 11) is 0. The average molecular weight is 364 g/mol. The number of aromatic nitrogens is 2. The van der Waals surface area contributed by atoms with E-state index in [2.05, 4.69) is 26.3 Å². The molecule has 8 heteroatoms. The van der Waals surface area contributed by atoms with Gasteiger partial charge in [-0.25, -0.2) is 4.79 Å². The van der Waals surface area contributed by atoms with E-state index < -0.39 is 12.0 Å². The number of amides is 1. The maximum atomic E-state index is 11.0. The molecule has 1 amide bonds. The molecule has 0 bridgehead atoms. The van der Waals surface area contributed by atoms with Crippen molar-refractivity contribution in [2.75, 3.05) is 5.75 Å². The maximum absolute atomic E-state index is 11.0. The van der Waals surface area contributed by atoms with Crippen LogP contribution in [0.25, 0.3) is 0 Å². The van der Waals surface area contributed by atoms with E-state index in [4.69, 9.17) is 5.11 Å². The van der Waals surface area contributed by atoms with Gasteiger partial charge < -0.3 is 10.4 Å². The summed E-state index contributed by atoms with van der Waals surface area (Å²) in [6.45, 7) is 6.00. The Bertz CT molecular complexity index is 504. The van der Waals surface area contributed by atoms with Crippen LogP contribution in [-0.2, 0) is 21.9 Å². The molecule has 1 atom stereocenters. The molecule has 2 N–H and O–H groups in total. The molecule has 0 aliphatic carbocycles. The van der Waals surface area contributed by atoms with Gasteiger partial charge in [0.15, 0.2) is 0 Å². The molecule has 0 spiro atoms. The molecule has 0 radical (unpaired) electrons. The Hall–Kier alpha value is -1.02. The molecule has 1 aromatic rings. The summed E-state index contributed by atoms with van der Waals surface area (Å²) in [4.78, 5) is 22.0. The molecule has 112 valence electrons. The summed E-state index contributed by atoms with van der Waals surface area (Å²) in [6, 6.07) is -0.865. The first-order valence-electron chi connectivity index (χ1n) is 6.16. The lowest BCUT2D eigenvalue weighted by Crippen LogP contribution is -2.41. The van der Waals surface area contributed by atoms with Crippen molar-refractivity contribution in [3.05, 3.63) is 15.9 Å². The minimum absolute atomic E-state index is 0.315. The number of aliphatic carboxylic acids is 1. The lowest BCUT2D eigenvalue weighted by molar-refractivity contribution is -0.140. The highest BCUT2D eigenvalue weighted by Crippen LogP contribution is 2.25. The van der Waals surface area contributed by atoms with Gasteiger partial charge in [-0.15, -0.1) is 0 Å². The van der Waals surface area contributed by atoms with Crippen LogP contribution in [-0.4, -0.2) is 38.6 Å². The minimum atomic E-state index is -1.02. The number of carbonyl (C=O) groups excluding carboxylic acids is 1. The molecule has 0 aliphatic heterocycles. The van der Waals surface area contributed by atoms with Crippen LogP contribution in [0.4, 0.5) is 0 Å². The number of hydrogen-bond donors (Lipinski definition) is 2. The molecule has 0 aromatic carbocycles. The van der Waals surface area contributed by atoms with E-state index in [9.17, 15) is 9.59 Å². The Kier molecular flexibility index (Phi) is 6.54. The van der Waals surface area contributed by atoms with Gasteiger partial charge in [0.2, 0.25) is 5.91 Å². The molecule has 6 nitrogen and oxygen atoms in total. The number of halogens is 1. The number of nitrogens with zero attached hydrogens (tertiary/aromatic N) is 2. The standard InChI is InChI=1S/C12H18BrN3O3S/c1-4-16-10(11(13)7(2)15-16)6-20-5-9(12(18)19)14-8(3)17/h9H,4-6H2,1-3H3,(H,14,17)(H,18,19)/t9-/m0/s1. The summed E-state index contributed by atoms with van der Waals surface area (Å²) in [6.07, 6.45) is 0. The minimum Gasteiger partial charge on any atom is -0.480 e. The lowest BCUT2D eigenvalue weighted by atomic mass is 10.3. The van der Waals surface area contributed by atoms with Gasteiger partial charge in [-0.2, -0.15) is 16.9 Å². The second-order valence-corrected chi connectivity index (χ2v) is 6.09. The fraction of sp³-hybridized carbons (Fsp3) is 0.583.